The molecule has 1 saturated heterocycles. The molecule has 2 rings (SSSR count). The molecule has 84 valence electrons. The number of amides is 1. The van der Waals surface area contributed by atoms with Crippen LogP contribution < -0.4 is 4.90 Å². The Kier molecular flexibility index (Phi) is 2.91. The lowest BCUT2D eigenvalue weighted by Gasteiger charge is -2.15. The van der Waals surface area contributed by atoms with Crippen LogP contribution in [0.25, 0.3) is 0 Å². The van der Waals surface area contributed by atoms with Crippen molar-refractivity contribution in [3.05, 3.63) is 24.0 Å². The van der Waals surface area contributed by atoms with E-state index in [1.165, 1.54) is 18.5 Å². The van der Waals surface area contributed by atoms with Gasteiger partial charge in [0.1, 0.15) is 0 Å². The lowest BCUT2D eigenvalue weighted by molar-refractivity contribution is -0.117. The molecule has 0 aliphatic carbocycles. The average molecular weight is 285 g/mol. The number of nitrogens with zero attached hydrogens (tertiary/aromatic N) is 2. The normalized spacial score (nSPS) is 20.2. The van der Waals surface area contributed by atoms with E-state index < -0.39 is 5.97 Å². The molecule has 2 heterocycles. The molecule has 1 amide bonds. The molecule has 5 nitrogen and oxygen atoms in total. The van der Waals surface area contributed by atoms with E-state index in [4.69, 9.17) is 5.11 Å². The van der Waals surface area contributed by atoms with Gasteiger partial charge in [0.15, 0.2) is 0 Å². The average Bonchev–Trinajstić information content (AvgIpc) is 2.58. The summed E-state index contributed by atoms with van der Waals surface area (Å²) in [5, 5.41) is 8.82. The minimum absolute atomic E-state index is 0.0220. The molecule has 1 atom stereocenters. The fraction of sp³-hybridized carbons (Fsp3) is 0.300. The number of aromatic carboxylic acids is 1. The summed E-state index contributed by atoms with van der Waals surface area (Å²) in [4.78, 5) is 27.8. The van der Waals surface area contributed by atoms with Crippen molar-refractivity contribution in [2.75, 3.05) is 11.4 Å². The Hall–Kier alpha value is -1.43. The van der Waals surface area contributed by atoms with Gasteiger partial charge in [0.25, 0.3) is 0 Å². The molecule has 0 spiro atoms. The van der Waals surface area contributed by atoms with Crippen LogP contribution in [0.5, 0.6) is 0 Å². The lowest BCUT2D eigenvalue weighted by Crippen LogP contribution is -2.24. The monoisotopic (exact) mass is 284 g/mol. The van der Waals surface area contributed by atoms with Crippen LogP contribution >= 0.6 is 15.9 Å². The third kappa shape index (κ3) is 2.06. The Labute approximate surface area is 100 Å². The lowest BCUT2D eigenvalue weighted by atomic mass is 10.2. The number of pyridine rings is 1. The van der Waals surface area contributed by atoms with Gasteiger partial charge in [0.05, 0.1) is 17.4 Å². The number of halogens is 1. The number of carboxylic acid groups (broad SMARTS) is 1. The molecule has 1 unspecified atom stereocenters. The molecule has 1 N–H and O–H groups in total. The second-order valence-electron chi connectivity index (χ2n) is 3.54. The molecule has 1 fully saturated rings. The van der Waals surface area contributed by atoms with Crippen LogP contribution in [0, 0.1) is 0 Å². The number of carbonyl (C=O) groups is 2. The van der Waals surface area contributed by atoms with E-state index >= 15 is 0 Å². The highest BCUT2D eigenvalue weighted by Crippen LogP contribution is 2.24. The first-order valence-corrected chi connectivity index (χ1v) is 5.62. The third-order valence-corrected chi connectivity index (χ3v) is 2.97. The standard InChI is InChI=1S/C10H9BrN2O3/c11-7-2-9(14)13(5-7)8-1-6(10(15)16)3-12-4-8/h1,3-4,7H,2,5H2,(H,15,16). The van der Waals surface area contributed by atoms with Gasteiger partial charge in [0.2, 0.25) is 5.91 Å². The van der Waals surface area contributed by atoms with Gasteiger partial charge in [-0.05, 0) is 6.07 Å². The van der Waals surface area contributed by atoms with Crippen molar-refractivity contribution in [1.29, 1.82) is 0 Å². The summed E-state index contributed by atoms with van der Waals surface area (Å²) in [7, 11) is 0. The molecule has 0 aromatic carbocycles. The summed E-state index contributed by atoms with van der Waals surface area (Å²) in [6, 6.07) is 1.46. The van der Waals surface area contributed by atoms with E-state index in [1.54, 1.807) is 4.90 Å². The van der Waals surface area contributed by atoms with Crippen molar-refractivity contribution >= 4 is 33.5 Å². The molecule has 0 bridgehead atoms. The highest BCUT2D eigenvalue weighted by Gasteiger charge is 2.29. The fourth-order valence-corrected chi connectivity index (χ4v) is 2.17. The maximum Gasteiger partial charge on any atom is 0.337 e. The van der Waals surface area contributed by atoms with E-state index in [2.05, 4.69) is 20.9 Å². The maximum atomic E-state index is 11.6. The summed E-state index contributed by atoms with van der Waals surface area (Å²) < 4.78 is 0. The van der Waals surface area contributed by atoms with Crippen LogP contribution in [0.2, 0.25) is 0 Å². The molecule has 0 radical (unpaired) electrons. The molecular weight excluding hydrogens is 276 g/mol. The van der Waals surface area contributed by atoms with Crippen LogP contribution in [0.15, 0.2) is 18.5 Å². The maximum absolute atomic E-state index is 11.6. The highest BCUT2D eigenvalue weighted by molar-refractivity contribution is 9.09. The van der Waals surface area contributed by atoms with E-state index in [0.717, 1.165) is 0 Å². The van der Waals surface area contributed by atoms with Crippen molar-refractivity contribution in [3.8, 4) is 0 Å². The molecule has 1 aliphatic rings. The first-order valence-electron chi connectivity index (χ1n) is 4.70. The van der Waals surface area contributed by atoms with E-state index in [1.807, 2.05) is 0 Å². The topological polar surface area (TPSA) is 70.5 Å². The first kappa shape index (κ1) is 11.1. The van der Waals surface area contributed by atoms with Crippen molar-refractivity contribution in [2.24, 2.45) is 0 Å². The van der Waals surface area contributed by atoms with Crippen molar-refractivity contribution < 1.29 is 14.7 Å². The Morgan fingerprint density at radius 2 is 2.31 bits per heavy atom. The number of anilines is 1. The number of carboxylic acids is 1. The number of alkyl halides is 1. The SMILES string of the molecule is O=C(O)c1cncc(N2CC(Br)CC2=O)c1. The first-order chi connectivity index (χ1) is 7.58. The fourth-order valence-electron chi connectivity index (χ4n) is 1.61. The van der Waals surface area contributed by atoms with Gasteiger partial charge in [-0.2, -0.15) is 0 Å². The molecule has 16 heavy (non-hydrogen) atoms. The van der Waals surface area contributed by atoms with Crippen LogP contribution in [-0.2, 0) is 4.79 Å². The smallest absolute Gasteiger partial charge is 0.337 e. The zero-order chi connectivity index (χ0) is 11.7. The summed E-state index contributed by atoms with van der Waals surface area (Å²) in [6.45, 7) is 0.545. The molecule has 1 aromatic rings. The van der Waals surface area contributed by atoms with Gasteiger partial charge in [-0.15, -0.1) is 0 Å². The number of hydrogen-bond donors (Lipinski definition) is 1. The van der Waals surface area contributed by atoms with Gasteiger partial charge in [-0.25, -0.2) is 4.79 Å². The Bertz CT molecular complexity index is 449. The molecule has 1 aromatic heterocycles. The summed E-state index contributed by atoms with van der Waals surface area (Å²) >= 11 is 3.36. The zero-order valence-electron chi connectivity index (χ0n) is 8.26. The molecule has 6 heteroatoms. The Morgan fingerprint density at radius 3 is 2.88 bits per heavy atom. The highest BCUT2D eigenvalue weighted by atomic mass is 79.9. The number of aromatic nitrogens is 1. The quantitative estimate of drug-likeness (QED) is 0.831. The molecule has 0 saturated carbocycles. The number of carbonyl (C=O) groups excluding carboxylic acids is 1. The summed E-state index contributed by atoms with van der Waals surface area (Å²) in [5.41, 5.74) is 0.621. The molecular formula is C10H9BrN2O3. The Balaban J connectivity index is 2.30. The van der Waals surface area contributed by atoms with Gasteiger partial charge < -0.3 is 10.0 Å². The van der Waals surface area contributed by atoms with E-state index in [0.29, 0.717) is 18.7 Å². The van der Waals surface area contributed by atoms with Crippen molar-refractivity contribution in [2.45, 2.75) is 11.2 Å². The predicted octanol–water partition coefficient (Wildman–Crippen LogP) is 1.28. The van der Waals surface area contributed by atoms with Crippen LogP contribution in [-0.4, -0.2) is 33.3 Å². The van der Waals surface area contributed by atoms with Gasteiger partial charge in [0, 0.05) is 24.0 Å². The van der Waals surface area contributed by atoms with Crippen LogP contribution in [0.3, 0.4) is 0 Å². The van der Waals surface area contributed by atoms with Crippen LogP contribution in [0.1, 0.15) is 16.8 Å². The largest absolute Gasteiger partial charge is 0.478 e. The van der Waals surface area contributed by atoms with Gasteiger partial charge in [-0.3, -0.25) is 9.78 Å². The van der Waals surface area contributed by atoms with E-state index in [-0.39, 0.29) is 16.3 Å². The zero-order valence-corrected chi connectivity index (χ0v) is 9.85. The predicted molar refractivity (Wildman–Crippen MR) is 60.9 cm³/mol. The van der Waals surface area contributed by atoms with Gasteiger partial charge >= 0.3 is 5.97 Å². The molecule has 1 aliphatic heterocycles. The van der Waals surface area contributed by atoms with Crippen molar-refractivity contribution in [1.82, 2.24) is 4.98 Å². The minimum atomic E-state index is -1.05. The Morgan fingerprint density at radius 1 is 1.56 bits per heavy atom. The number of hydrogen-bond acceptors (Lipinski definition) is 3. The third-order valence-electron chi connectivity index (χ3n) is 2.36. The second-order valence-corrected chi connectivity index (χ2v) is 4.84. The minimum Gasteiger partial charge on any atom is -0.478 e. The summed E-state index contributed by atoms with van der Waals surface area (Å²) in [5.74, 6) is -1.07. The van der Waals surface area contributed by atoms with Crippen LogP contribution in [0.4, 0.5) is 5.69 Å². The van der Waals surface area contributed by atoms with E-state index in [9.17, 15) is 9.59 Å². The second kappa shape index (κ2) is 4.21. The van der Waals surface area contributed by atoms with Crippen molar-refractivity contribution in [3.63, 3.8) is 0 Å². The summed E-state index contributed by atoms with van der Waals surface area (Å²) in [6.07, 6.45) is 3.19. The number of rotatable bonds is 2. The van der Waals surface area contributed by atoms with Gasteiger partial charge in [-0.1, -0.05) is 15.9 Å².